The molecule has 2 aromatic rings. The second-order valence-corrected chi connectivity index (χ2v) is 8.65. The Hall–Kier alpha value is -3.01. The number of nitrogens with zero attached hydrogens (tertiary/aromatic N) is 6. The van der Waals surface area contributed by atoms with E-state index in [9.17, 15) is 14.4 Å². The van der Waals surface area contributed by atoms with E-state index in [1.54, 1.807) is 11.7 Å². The van der Waals surface area contributed by atoms with Gasteiger partial charge in [0.2, 0.25) is 11.8 Å². The summed E-state index contributed by atoms with van der Waals surface area (Å²) < 4.78 is 1.67. The summed E-state index contributed by atoms with van der Waals surface area (Å²) in [6, 6.07) is 3.60. The van der Waals surface area contributed by atoms with Crippen molar-refractivity contribution in [1.82, 2.24) is 29.9 Å². The van der Waals surface area contributed by atoms with Gasteiger partial charge in [-0.25, -0.2) is 14.5 Å². The van der Waals surface area contributed by atoms with Crippen LogP contribution in [0.2, 0.25) is 0 Å². The van der Waals surface area contributed by atoms with Crippen molar-refractivity contribution >= 4 is 34.7 Å². The van der Waals surface area contributed by atoms with E-state index in [1.165, 1.54) is 4.90 Å². The Morgan fingerprint density at radius 3 is 2.68 bits per heavy atom. The number of piperazine rings is 1. The number of imide groups is 1. The Bertz CT molecular complexity index is 1030. The SMILES string of the molecule is CC(C)C(=O)N1CCN(Cc2ccc3c(N4CCC(=O)NC4=O)nn(C)c3n2)C[C@@H]1C. The van der Waals surface area contributed by atoms with Crippen LogP contribution in [0.25, 0.3) is 11.0 Å². The van der Waals surface area contributed by atoms with E-state index in [4.69, 9.17) is 4.98 Å². The fraction of sp³-hybridized carbons (Fsp3) is 0.571. The number of aromatic nitrogens is 3. The third-order valence-electron chi connectivity index (χ3n) is 5.91. The van der Waals surface area contributed by atoms with E-state index >= 15 is 0 Å². The van der Waals surface area contributed by atoms with Gasteiger partial charge in [0, 0.05) is 58.2 Å². The summed E-state index contributed by atoms with van der Waals surface area (Å²) in [5, 5.41) is 7.59. The molecule has 4 amide bonds. The molecule has 0 spiro atoms. The van der Waals surface area contributed by atoms with E-state index in [0.717, 1.165) is 30.7 Å². The van der Waals surface area contributed by atoms with Crippen LogP contribution >= 0.6 is 0 Å². The van der Waals surface area contributed by atoms with Crippen molar-refractivity contribution in [3.8, 4) is 0 Å². The highest BCUT2D eigenvalue weighted by Crippen LogP contribution is 2.26. The zero-order valence-electron chi connectivity index (χ0n) is 18.5. The molecule has 0 radical (unpaired) electrons. The first-order chi connectivity index (χ1) is 14.7. The van der Waals surface area contributed by atoms with E-state index in [1.807, 2.05) is 30.9 Å². The maximum atomic E-state index is 12.4. The van der Waals surface area contributed by atoms with Crippen LogP contribution in [-0.4, -0.2) is 74.6 Å². The van der Waals surface area contributed by atoms with Gasteiger partial charge in [0.05, 0.1) is 11.1 Å². The Morgan fingerprint density at radius 1 is 1.23 bits per heavy atom. The largest absolute Gasteiger partial charge is 0.337 e. The monoisotopic (exact) mass is 427 g/mol. The molecule has 0 aliphatic carbocycles. The number of hydrogen-bond acceptors (Lipinski definition) is 6. The first kappa shape index (κ1) is 21.2. The Labute approximate surface area is 181 Å². The quantitative estimate of drug-likeness (QED) is 0.784. The predicted molar refractivity (Wildman–Crippen MR) is 115 cm³/mol. The maximum absolute atomic E-state index is 12.4. The smallest absolute Gasteiger partial charge is 0.329 e. The minimum Gasteiger partial charge on any atom is -0.337 e. The third kappa shape index (κ3) is 4.12. The van der Waals surface area contributed by atoms with Gasteiger partial charge in [0.15, 0.2) is 11.5 Å². The van der Waals surface area contributed by atoms with Crippen LogP contribution in [0.15, 0.2) is 12.1 Å². The Morgan fingerprint density at radius 2 is 2.00 bits per heavy atom. The second kappa shape index (κ2) is 8.26. The van der Waals surface area contributed by atoms with Crippen molar-refractivity contribution in [3.63, 3.8) is 0 Å². The van der Waals surface area contributed by atoms with E-state index in [-0.39, 0.29) is 30.2 Å². The van der Waals surface area contributed by atoms with E-state index in [2.05, 4.69) is 22.2 Å². The Kier molecular flexibility index (Phi) is 5.65. The molecule has 1 atom stereocenters. The van der Waals surface area contributed by atoms with Crippen molar-refractivity contribution in [1.29, 1.82) is 0 Å². The third-order valence-corrected chi connectivity index (χ3v) is 5.91. The summed E-state index contributed by atoms with van der Waals surface area (Å²) >= 11 is 0. The van der Waals surface area contributed by atoms with Gasteiger partial charge in [-0.2, -0.15) is 5.10 Å². The molecule has 4 rings (SSSR count). The fourth-order valence-electron chi connectivity index (χ4n) is 4.27. The number of fused-ring (bicyclic) bond motifs is 1. The molecule has 2 aliphatic heterocycles. The van der Waals surface area contributed by atoms with Crippen molar-refractivity contribution in [2.24, 2.45) is 13.0 Å². The minimum absolute atomic E-state index is 0.0113. The summed E-state index contributed by atoms with van der Waals surface area (Å²) in [4.78, 5) is 46.6. The highest BCUT2D eigenvalue weighted by atomic mass is 16.2. The molecule has 10 nitrogen and oxygen atoms in total. The lowest BCUT2D eigenvalue weighted by atomic mass is 10.1. The maximum Gasteiger partial charge on any atom is 0.329 e. The molecule has 0 unspecified atom stereocenters. The van der Waals surface area contributed by atoms with Crippen molar-refractivity contribution in [2.75, 3.05) is 31.1 Å². The van der Waals surface area contributed by atoms with Gasteiger partial charge >= 0.3 is 6.03 Å². The molecule has 0 bridgehead atoms. The molecule has 0 saturated carbocycles. The van der Waals surface area contributed by atoms with Crippen LogP contribution in [0.1, 0.15) is 32.9 Å². The van der Waals surface area contributed by atoms with Gasteiger partial charge in [0.25, 0.3) is 0 Å². The summed E-state index contributed by atoms with van der Waals surface area (Å²) in [5.74, 6) is 0.456. The summed E-state index contributed by atoms with van der Waals surface area (Å²) in [6.45, 7) is 9.28. The molecular weight excluding hydrogens is 398 g/mol. The van der Waals surface area contributed by atoms with Crippen LogP contribution < -0.4 is 10.2 Å². The van der Waals surface area contributed by atoms with E-state index < -0.39 is 6.03 Å². The van der Waals surface area contributed by atoms with Crippen LogP contribution in [0.5, 0.6) is 0 Å². The van der Waals surface area contributed by atoms with Crippen molar-refractivity contribution in [3.05, 3.63) is 17.8 Å². The summed E-state index contributed by atoms with van der Waals surface area (Å²) in [5.41, 5.74) is 1.61. The molecule has 10 heteroatoms. The second-order valence-electron chi connectivity index (χ2n) is 8.65. The summed E-state index contributed by atoms with van der Waals surface area (Å²) in [7, 11) is 1.80. The fourth-order valence-corrected chi connectivity index (χ4v) is 4.27. The van der Waals surface area contributed by atoms with Crippen LogP contribution in [0, 0.1) is 5.92 Å². The number of carbonyl (C=O) groups is 3. The van der Waals surface area contributed by atoms with Gasteiger partial charge in [-0.05, 0) is 19.1 Å². The average Bonchev–Trinajstić information content (AvgIpc) is 3.03. The van der Waals surface area contributed by atoms with Gasteiger partial charge in [-0.15, -0.1) is 0 Å². The molecule has 2 aromatic heterocycles. The number of carbonyl (C=O) groups excluding carboxylic acids is 3. The zero-order chi connectivity index (χ0) is 22.3. The number of anilines is 1. The normalized spacial score (nSPS) is 20.6. The number of pyridine rings is 1. The minimum atomic E-state index is -0.455. The van der Waals surface area contributed by atoms with E-state index in [0.29, 0.717) is 24.6 Å². The van der Waals surface area contributed by atoms with Crippen LogP contribution in [0.4, 0.5) is 10.6 Å². The van der Waals surface area contributed by atoms with Gasteiger partial charge in [0.1, 0.15) is 0 Å². The van der Waals surface area contributed by atoms with Crippen molar-refractivity contribution in [2.45, 2.75) is 39.8 Å². The molecule has 4 heterocycles. The predicted octanol–water partition coefficient (Wildman–Crippen LogP) is 1.10. The standard InChI is InChI=1S/C21H29N7O3/c1-13(2)20(30)27-10-9-26(11-14(27)3)12-15-5-6-16-18(22-15)25(4)24-19(16)28-8-7-17(29)23-21(28)31/h5-6,13-14H,7-12H2,1-4H3,(H,23,29,31)/t14-/m0/s1. The number of urea groups is 1. The highest BCUT2D eigenvalue weighted by molar-refractivity contribution is 6.08. The number of nitrogens with one attached hydrogen (secondary N) is 1. The van der Waals surface area contributed by atoms with Crippen LogP contribution in [-0.2, 0) is 23.2 Å². The topological polar surface area (TPSA) is 104 Å². The highest BCUT2D eigenvalue weighted by Gasteiger charge is 2.30. The van der Waals surface area contributed by atoms with Gasteiger partial charge in [-0.1, -0.05) is 13.8 Å². The molecule has 2 aliphatic rings. The first-order valence-corrected chi connectivity index (χ1v) is 10.7. The lowest BCUT2D eigenvalue weighted by Gasteiger charge is -2.40. The lowest BCUT2D eigenvalue weighted by Crippen LogP contribution is -2.54. The molecule has 1 N–H and O–H groups in total. The van der Waals surface area contributed by atoms with Gasteiger partial charge < -0.3 is 4.90 Å². The summed E-state index contributed by atoms with van der Waals surface area (Å²) in [6.07, 6.45) is 0.249. The molecule has 31 heavy (non-hydrogen) atoms. The van der Waals surface area contributed by atoms with Crippen LogP contribution in [0.3, 0.4) is 0 Å². The number of hydrogen-bond donors (Lipinski definition) is 1. The molecule has 2 saturated heterocycles. The molecule has 0 aromatic carbocycles. The number of amides is 4. The first-order valence-electron chi connectivity index (χ1n) is 10.7. The zero-order valence-corrected chi connectivity index (χ0v) is 18.5. The number of aryl methyl sites for hydroxylation is 1. The molecular formula is C21H29N7O3. The van der Waals surface area contributed by atoms with Crippen molar-refractivity contribution < 1.29 is 14.4 Å². The Balaban J connectivity index is 1.49. The average molecular weight is 428 g/mol. The van der Waals surface area contributed by atoms with Gasteiger partial charge in [-0.3, -0.25) is 24.7 Å². The lowest BCUT2D eigenvalue weighted by molar-refractivity contribution is -0.139. The molecule has 166 valence electrons. The number of rotatable bonds is 4. The molecule has 2 fully saturated rings.